The highest BCUT2D eigenvalue weighted by Crippen LogP contribution is 2.46. The van der Waals surface area contributed by atoms with E-state index in [-0.39, 0.29) is 5.41 Å². The maximum absolute atomic E-state index is 13.0. The lowest BCUT2D eigenvalue weighted by atomic mass is 9.65. The summed E-state index contributed by atoms with van der Waals surface area (Å²) in [6.45, 7) is 8.76. The van der Waals surface area contributed by atoms with Crippen molar-refractivity contribution in [1.82, 2.24) is 4.90 Å². The Hall–Kier alpha value is -0.790. The molecule has 2 heteroatoms. The standard InChI is InChI=1S/C18H29NO/c1-13-4-6-19(7-5-13)17(20)18(3)11-14(2)8-15-9-16(10-15)12-18/h12-15H,4-11H2,1-3H3. The van der Waals surface area contributed by atoms with Crippen LogP contribution in [0.4, 0.5) is 0 Å². The number of carbonyl (C=O) groups excluding carboxylic acids is 1. The summed E-state index contributed by atoms with van der Waals surface area (Å²) in [5.74, 6) is 2.77. The Bertz CT molecular complexity index is 411. The second-order valence-electron chi connectivity index (χ2n) is 8.01. The third kappa shape index (κ3) is 2.66. The van der Waals surface area contributed by atoms with Gasteiger partial charge in [0.2, 0.25) is 5.91 Å². The number of likely N-dealkylation sites (tertiary alicyclic amines) is 1. The van der Waals surface area contributed by atoms with Crippen molar-refractivity contribution >= 4 is 5.91 Å². The predicted octanol–water partition coefficient (Wildman–Crippen LogP) is 4.02. The van der Waals surface area contributed by atoms with Crippen molar-refractivity contribution in [2.24, 2.45) is 23.2 Å². The molecule has 2 fully saturated rings. The van der Waals surface area contributed by atoms with Crippen LogP contribution < -0.4 is 0 Å². The van der Waals surface area contributed by atoms with Crippen LogP contribution >= 0.6 is 0 Å². The number of hydrogen-bond donors (Lipinski definition) is 0. The monoisotopic (exact) mass is 275 g/mol. The van der Waals surface area contributed by atoms with Crippen molar-refractivity contribution in [2.75, 3.05) is 13.1 Å². The van der Waals surface area contributed by atoms with Gasteiger partial charge in [0.15, 0.2) is 0 Å². The zero-order valence-corrected chi connectivity index (χ0v) is 13.3. The number of piperidine rings is 1. The average molecular weight is 275 g/mol. The summed E-state index contributed by atoms with van der Waals surface area (Å²) in [5.41, 5.74) is 1.31. The first-order chi connectivity index (χ1) is 9.46. The molecule has 0 radical (unpaired) electrons. The molecule has 0 spiro atoms. The minimum atomic E-state index is -0.235. The van der Waals surface area contributed by atoms with Gasteiger partial charge < -0.3 is 4.90 Å². The Labute approximate surface area is 123 Å². The topological polar surface area (TPSA) is 20.3 Å². The van der Waals surface area contributed by atoms with E-state index in [0.29, 0.717) is 11.8 Å². The molecule has 0 aromatic carbocycles. The van der Waals surface area contributed by atoms with Crippen LogP contribution in [0.1, 0.15) is 59.3 Å². The molecule has 2 unspecified atom stereocenters. The zero-order chi connectivity index (χ0) is 14.3. The summed E-state index contributed by atoms with van der Waals surface area (Å²) in [4.78, 5) is 15.2. The number of nitrogens with zero attached hydrogens (tertiary/aromatic N) is 1. The molecular weight excluding hydrogens is 246 g/mol. The van der Waals surface area contributed by atoms with Crippen LogP contribution in [0.15, 0.2) is 11.6 Å². The number of hydrogen-bond acceptors (Lipinski definition) is 1. The molecule has 1 amide bonds. The Balaban J connectivity index is 1.77. The summed E-state index contributed by atoms with van der Waals surface area (Å²) in [6.07, 6.45) is 9.56. The van der Waals surface area contributed by atoms with E-state index in [1.54, 1.807) is 5.57 Å². The molecule has 112 valence electrons. The van der Waals surface area contributed by atoms with E-state index in [4.69, 9.17) is 0 Å². The molecule has 2 nitrogen and oxygen atoms in total. The molecule has 1 saturated heterocycles. The van der Waals surface area contributed by atoms with Crippen LogP contribution in [0.25, 0.3) is 0 Å². The van der Waals surface area contributed by atoms with Crippen molar-refractivity contribution in [3.63, 3.8) is 0 Å². The van der Waals surface area contributed by atoms with E-state index < -0.39 is 0 Å². The molecule has 2 bridgehead atoms. The Morgan fingerprint density at radius 3 is 2.50 bits per heavy atom. The van der Waals surface area contributed by atoms with Gasteiger partial charge in [0.1, 0.15) is 0 Å². The molecule has 3 aliphatic carbocycles. The van der Waals surface area contributed by atoms with E-state index in [0.717, 1.165) is 31.3 Å². The average Bonchev–Trinajstić information content (AvgIpc) is 2.34. The Kier molecular flexibility index (Phi) is 3.68. The van der Waals surface area contributed by atoms with Crippen molar-refractivity contribution < 1.29 is 4.79 Å². The van der Waals surface area contributed by atoms with Gasteiger partial charge in [0.25, 0.3) is 0 Å². The summed E-state index contributed by atoms with van der Waals surface area (Å²) in [5, 5.41) is 0. The molecule has 20 heavy (non-hydrogen) atoms. The quantitative estimate of drug-likeness (QED) is 0.662. The van der Waals surface area contributed by atoms with Crippen molar-refractivity contribution in [1.29, 1.82) is 0 Å². The minimum absolute atomic E-state index is 0.235. The second-order valence-corrected chi connectivity index (χ2v) is 8.01. The highest BCUT2D eigenvalue weighted by atomic mass is 16.2. The summed E-state index contributed by atoms with van der Waals surface area (Å²) in [6, 6.07) is 0. The number of rotatable bonds is 1. The van der Waals surface area contributed by atoms with Gasteiger partial charge in [-0.05, 0) is 63.2 Å². The lowest BCUT2D eigenvalue weighted by Crippen LogP contribution is -2.47. The Morgan fingerprint density at radius 1 is 1.20 bits per heavy atom. The van der Waals surface area contributed by atoms with Crippen LogP contribution in [0.3, 0.4) is 0 Å². The van der Waals surface area contributed by atoms with E-state index in [1.807, 2.05) is 0 Å². The fourth-order valence-corrected chi connectivity index (χ4v) is 4.57. The first-order valence-electron chi connectivity index (χ1n) is 8.46. The van der Waals surface area contributed by atoms with Gasteiger partial charge in [-0.3, -0.25) is 4.79 Å². The van der Waals surface area contributed by atoms with Crippen molar-refractivity contribution in [3.05, 3.63) is 11.6 Å². The molecule has 1 heterocycles. The van der Waals surface area contributed by atoms with Crippen LogP contribution in [0.5, 0.6) is 0 Å². The van der Waals surface area contributed by atoms with Crippen LogP contribution in [0, 0.1) is 23.2 Å². The normalized spacial score (nSPS) is 38.5. The molecule has 1 saturated carbocycles. The van der Waals surface area contributed by atoms with Gasteiger partial charge >= 0.3 is 0 Å². The fraction of sp³-hybridized carbons (Fsp3) is 0.833. The number of amides is 1. The molecule has 4 rings (SSSR count). The fourth-order valence-electron chi connectivity index (χ4n) is 4.57. The van der Waals surface area contributed by atoms with Crippen molar-refractivity contribution in [3.8, 4) is 0 Å². The first kappa shape index (κ1) is 14.2. The zero-order valence-electron chi connectivity index (χ0n) is 13.3. The maximum Gasteiger partial charge on any atom is 0.232 e. The van der Waals surface area contributed by atoms with Gasteiger partial charge in [-0.2, -0.15) is 0 Å². The molecular formula is C18H29NO. The molecule has 0 N–H and O–H groups in total. The van der Waals surface area contributed by atoms with E-state index >= 15 is 0 Å². The SMILES string of the molecule is CC1CCN(C(=O)C2(C)C=C3CC(C3)CC(C)C2)CC1. The molecule has 4 aliphatic rings. The predicted molar refractivity (Wildman–Crippen MR) is 82.3 cm³/mol. The van der Waals surface area contributed by atoms with Crippen LogP contribution in [0.2, 0.25) is 0 Å². The summed E-state index contributed by atoms with van der Waals surface area (Å²) in [7, 11) is 0. The highest BCUT2D eigenvalue weighted by molar-refractivity contribution is 5.84. The summed E-state index contributed by atoms with van der Waals surface area (Å²) < 4.78 is 0. The second kappa shape index (κ2) is 5.20. The minimum Gasteiger partial charge on any atom is -0.342 e. The van der Waals surface area contributed by atoms with Crippen molar-refractivity contribution in [2.45, 2.75) is 59.3 Å². The molecule has 1 aliphatic heterocycles. The van der Waals surface area contributed by atoms with E-state index in [9.17, 15) is 4.79 Å². The lowest BCUT2D eigenvalue weighted by Gasteiger charge is -2.43. The van der Waals surface area contributed by atoms with Gasteiger partial charge in [0.05, 0.1) is 5.41 Å². The largest absolute Gasteiger partial charge is 0.342 e. The van der Waals surface area contributed by atoms with Gasteiger partial charge in [-0.1, -0.05) is 25.5 Å². The molecule has 0 aromatic rings. The van der Waals surface area contributed by atoms with Crippen LogP contribution in [-0.4, -0.2) is 23.9 Å². The number of carbonyl (C=O) groups is 1. The van der Waals surface area contributed by atoms with Crippen LogP contribution in [-0.2, 0) is 4.79 Å². The van der Waals surface area contributed by atoms with Gasteiger partial charge in [-0.25, -0.2) is 0 Å². The number of allylic oxidation sites excluding steroid dienone is 1. The Morgan fingerprint density at radius 2 is 1.85 bits per heavy atom. The first-order valence-corrected chi connectivity index (χ1v) is 8.46. The van der Waals surface area contributed by atoms with Gasteiger partial charge in [0, 0.05) is 13.1 Å². The molecule has 0 aromatic heterocycles. The number of fused-ring (bicyclic) bond motifs is 4. The smallest absolute Gasteiger partial charge is 0.232 e. The highest BCUT2D eigenvalue weighted by Gasteiger charge is 2.41. The van der Waals surface area contributed by atoms with Gasteiger partial charge in [-0.15, -0.1) is 0 Å². The van der Waals surface area contributed by atoms with E-state index in [1.165, 1.54) is 32.1 Å². The third-order valence-electron chi connectivity index (χ3n) is 5.69. The molecule has 2 atom stereocenters. The maximum atomic E-state index is 13.0. The summed E-state index contributed by atoms with van der Waals surface area (Å²) >= 11 is 0. The third-order valence-corrected chi connectivity index (χ3v) is 5.69. The van der Waals surface area contributed by atoms with E-state index in [2.05, 4.69) is 31.7 Å². The lowest BCUT2D eigenvalue weighted by molar-refractivity contribution is -0.141.